The van der Waals surface area contributed by atoms with Gasteiger partial charge in [-0.3, -0.25) is 4.79 Å². The van der Waals surface area contributed by atoms with Gasteiger partial charge >= 0.3 is 0 Å². The zero-order chi connectivity index (χ0) is 17.2. The van der Waals surface area contributed by atoms with E-state index >= 15 is 0 Å². The Labute approximate surface area is 147 Å². The van der Waals surface area contributed by atoms with Crippen LogP contribution in [0.2, 0.25) is 0 Å². The minimum atomic E-state index is 0.136. The van der Waals surface area contributed by atoms with Crippen LogP contribution >= 0.6 is 0 Å². The molecular weight excluding hydrogens is 296 g/mol. The van der Waals surface area contributed by atoms with E-state index in [0.29, 0.717) is 23.7 Å². The maximum Gasteiger partial charge on any atom is 0.159 e. The summed E-state index contributed by atoms with van der Waals surface area (Å²) in [5.41, 5.74) is 3.56. The molecule has 0 radical (unpaired) electrons. The number of carbonyl (C=O) groups excluding carboxylic acids is 1. The lowest BCUT2D eigenvalue weighted by molar-refractivity contribution is -0.130. The number of unbranched alkanes of at least 4 members (excludes halogenated alkanes) is 1. The number of carbonyl (C=O) groups is 1. The summed E-state index contributed by atoms with van der Waals surface area (Å²) in [6.45, 7) is 7.35. The molecule has 3 unspecified atom stereocenters. The van der Waals surface area contributed by atoms with Crippen LogP contribution in [0.4, 0.5) is 0 Å². The number of rotatable bonds is 4. The highest BCUT2D eigenvalue weighted by Gasteiger charge is 2.71. The van der Waals surface area contributed by atoms with E-state index < -0.39 is 0 Å². The van der Waals surface area contributed by atoms with Gasteiger partial charge in [-0.15, -0.1) is 0 Å². The molecule has 4 rings (SSSR count). The maximum absolute atomic E-state index is 12.8. The normalized spacial score (nSPS) is 39.1. The van der Waals surface area contributed by atoms with Crippen LogP contribution in [0.25, 0.3) is 0 Å². The predicted octanol–water partition coefficient (Wildman–Crippen LogP) is 5.05. The van der Waals surface area contributed by atoms with Crippen LogP contribution in [0.1, 0.15) is 85.0 Å². The molecule has 0 aromatic rings. The Bertz CT molecular complexity index is 579. The Morgan fingerprint density at radius 3 is 2.54 bits per heavy atom. The van der Waals surface area contributed by atoms with E-state index in [1.54, 1.807) is 5.57 Å². The SMILES string of the molecule is CC1=C2CC3CC4(CCCC4)C(CCCCO)C2(CC1=O)C3(C)C. The van der Waals surface area contributed by atoms with Gasteiger partial charge in [-0.2, -0.15) is 0 Å². The second-order valence-corrected chi connectivity index (χ2v) is 9.84. The van der Waals surface area contributed by atoms with Gasteiger partial charge in [-0.25, -0.2) is 0 Å². The average Bonchev–Trinajstić information content (AvgIpc) is 3.12. The molecule has 0 heterocycles. The number of aliphatic hydroxyl groups is 1. The molecule has 2 bridgehead atoms. The topological polar surface area (TPSA) is 37.3 Å². The Morgan fingerprint density at radius 1 is 1.17 bits per heavy atom. The lowest BCUT2D eigenvalue weighted by atomic mass is 9.44. The van der Waals surface area contributed by atoms with Crippen molar-refractivity contribution in [3.05, 3.63) is 11.1 Å². The van der Waals surface area contributed by atoms with Crippen molar-refractivity contribution in [3.63, 3.8) is 0 Å². The van der Waals surface area contributed by atoms with Crippen LogP contribution in [0.3, 0.4) is 0 Å². The fourth-order valence-electron chi connectivity index (χ4n) is 7.72. The standard InChI is InChI=1S/C22H34O2/c1-15-17-12-16-13-21(9-5-6-10-21)19(8-4-7-11-23)22(17,14-18(15)24)20(16,2)3/h16,19,23H,4-14H2,1-3H3. The van der Waals surface area contributed by atoms with E-state index in [0.717, 1.165) is 30.8 Å². The van der Waals surface area contributed by atoms with Gasteiger partial charge < -0.3 is 5.11 Å². The van der Waals surface area contributed by atoms with Gasteiger partial charge in [-0.1, -0.05) is 38.7 Å². The number of hydrogen-bond donors (Lipinski definition) is 1. The van der Waals surface area contributed by atoms with Gasteiger partial charge in [0.25, 0.3) is 0 Å². The first-order valence-electron chi connectivity index (χ1n) is 10.2. The predicted molar refractivity (Wildman–Crippen MR) is 96.6 cm³/mol. The summed E-state index contributed by atoms with van der Waals surface area (Å²) < 4.78 is 0. The largest absolute Gasteiger partial charge is 0.396 e. The molecule has 0 amide bonds. The third-order valence-corrected chi connectivity index (χ3v) is 8.96. The smallest absolute Gasteiger partial charge is 0.159 e. The monoisotopic (exact) mass is 330 g/mol. The van der Waals surface area contributed by atoms with E-state index in [-0.39, 0.29) is 10.8 Å². The van der Waals surface area contributed by atoms with E-state index in [9.17, 15) is 9.90 Å². The fraction of sp³-hybridized carbons (Fsp3) is 0.864. The maximum atomic E-state index is 12.8. The number of ketones is 1. The number of Topliss-reactive ketones (excluding diaryl/α,β-unsaturated/α-hetero) is 1. The van der Waals surface area contributed by atoms with Crippen molar-refractivity contribution in [3.8, 4) is 0 Å². The first-order valence-corrected chi connectivity index (χ1v) is 10.2. The van der Waals surface area contributed by atoms with Crippen molar-refractivity contribution in [2.75, 3.05) is 6.61 Å². The van der Waals surface area contributed by atoms with Gasteiger partial charge in [0.2, 0.25) is 0 Å². The van der Waals surface area contributed by atoms with Crippen molar-refractivity contribution in [2.24, 2.45) is 28.1 Å². The summed E-state index contributed by atoms with van der Waals surface area (Å²) in [5.74, 6) is 1.85. The van der Waals surface area contributed by atoms with E-state index in [1.807, 2.05) is 0 Å². The summed E-state index contributed by atoms with van der Waals surface area (Å²) in [5, 5.41) is 9.29. The summed E-state index contributed by atoms with van der Waals surface area (Å²) >= 11 is 0. The van der Waals surface area contributed by atoms with Crippen molar-refractivity contribution in [1.29, 1.82) is 0 Å². The Hall–Kier alpha value is -0.630. The quantitative estimate of drug-likeness (QED) is 0.732. The van der Waals surface area contributed by atoms with E-state index in [2.05, 4.69) is 20.8 Å². The molecule has 1 N–H and O–H groups in total. The van der Waals surface area contributed by atoms with Crippen LogP contribution < -0.4 is 0 Å². The molecule has 2 nitrogen and oxygen atoms in total. The van der Waals surface area contributed by atoms with Crippen molar-refractivity contribution < 1.29 is 9.90 Å². The van der Waals surface area contributed by atoms with Gasteiger partial charge in [0, 0.05) is 18.4 Å². The molecule has 0 aromatic carbocycles. The lowest BCUT2D eigenvalue weighted by Gasteiger charge is -2.60. The van der Waals surface area contributed by atoms with Gasteiger partial charge in [0.15, 0.2) is 5.78 Å². The molecule has 0 saturated heterocycles. The number of hydrogen-bond acceptors (Lipinski definition) is 2. The molecule has 134 valence electrons. The van der Waals surface area contributed by atoms with Gasteiger partial charge in [0.05, 0.1) is 0 Å². The van der Waals surface area contributed by atoms with E-state index in [4.69, 9.17) is 0 Å². The molecule has 2 heteroatoms. The summed E-state index contributed by atoms with van der Waals surface area (Å²) in [6.07, 6.45) is 12.1. The highest BCUT2D eigenvalue weighted by Crippen LogP contribution is 2.78. The zero-order valence-electron chi connectivity index (χ0n) is 15.8. The second-order valence-electron chi connectivity index (χ2n) is 9.84. The third kappa shape index (κ3) is 1.90. The molecule has 3 fully saturated rings. The fourth-order valence-corrected chi connectivity index (χ4v) is 7.72. The Balaban J connectivity index is 1.82. The molecular formula is C22H34O2. The van der Waals surface area contributed by atoms with Crippen LogP contribution in [-0.4, -0.2) is 17.5 Å². The molecule has 0 aliphatic heterocycles. The third-order valence-electron chi connectivity index (χ3n) is 8.96. The summed E-state index contributed by atoms with van der Waals surface area (Å²) in [7, 11) is 0. The number of allylic oxidation sites excluding steroid dienone is 2. The molecule has 4 aliphatic rings. The molecule has 3 atom stereocenters. The molecule has 0 aromatic heterocycles. The summed E-state index contributed by atoms with van der Waals surface area (Å²) in [4.78, 5) is 12.8. The highest BCUT2D eigenvalue weighted by molar-refractivity contribution is 6.00. The highest BCUT2D eigenvalue weighted by atomic mass is 16.2. The van der Waals surface area contributed by atoms with E-state index in [1.165, 1.54) is 44.9 Å². The number of aliphatic hydroxyl groups excluding tert-OH is 1. The average molecular weight is 331 g/mol. The van der Waals surface area contributed by atoms with Crippen LogP contribution in [0.15, 0.2) is 11.1 Å². The minimum absolute atomic E-state index is 0.136. The minimum Gasteiger partial charge on any atom is -0.396 e. The molecule has 24 heavy (non-hydrogen) atoms. The zero-order valence-corrected chi connectivity index (χ0v) is 15.8. The van der Waals surface area contributed by atoms with Crippen molar-refractivity contribution in [1.82, 2.24) is 0 Å². The van der Waals surface area contributed by atoms with Crippen molar-refractivity contribution >= 4 is 5.78 Å². The van der Waals surface area contributed by atoms with Crippen LogP contribution in [0.5, 0.6) is 0 Å². The lowest BCUT2D eigenvalue weighted by Crippen LogP contribution is -2.54. The molecule has 4 aliphatic carbocycles. The van der Waals surface area contributed by atoms with Gasteiger partial charge in [0.1, 0.15) is 0 Å². The molecule has 3 saturated carbocycles. The number of fused-ring (bicyclic) bond motifs is 1. The van der Waals surface area contributed by atoms with Crippen LogP contribution in [-0.2, 0) is 4.79 Å². The van der Waals surface area contributed by atoms with Crippen molar-refractivity contribution in [2.45, 2.75) is 85.0 Å². The van der Waals surface area contributed by atoms with Crippen LogP contribution in [0, 0.1) is 28.1 Å². The first-order chi connectivity index (χ1) is 11.4. The second kappa shape index (κ2) is 5.43. The molecule has 2 spiro atoms. The van der Waals surface area contributed by atoms with Gasteiger partial charge in [-0.05, 0) is 73.7 Å². The Kier molecular flexibility index (Phi) is 3.81. The Morgan fingerprint density at radius 2 is 1.88 bits per heavy atom. The summed E-state index contributed by atoms with van der Waals surface area (Å²) in [6, 6.07) is 0. The first kappa shape index (κ1) is 16.8.